The highest BCUT2D eigenvalue weighted by Gasteiger charge is 2.18. The number of thiophene rings is 2. The smallest absolute Gasteiger partial charge is 0.161 e. The molecule has 0 spiro atoms. The lowest BCUT2D eigenvalue weighted by atomic mass is 9.89. The van der Waals surface area contributed by atoms with Crippen LogP contribution in [0.1, 0.15) is 102 Å². The molecule has 4 unspecified atom stereocenters. The van der Waals surface area contributed by atoms with Crippen LogP contribution in [0.25, 0.3) is 46.6 Å². The van der Waals surface area contributed by atoms with Crippen molar-refractivity contribution in [2.24, 2.45) is 23.7 Å². The summed E-state index contributed by atoms with van der Waals surface area (Å²) in [6, 6.07) is 25.9. The molecule has 0 fully saturated rings. The summed E-state index contributed by atoms with van der Waals surface area (Å²) in [5.74, 6) is 4.87. The summed E-state index contributed by atoms with van der Waals surface area (Å²) in [5, 5.41) is 0. The fourth-order valence-corrected chi connectivity index (χ4v) is 8.46. The number of rotatable bonds is 22. The first kappa shape index (κ1) is 45.8. The number of benzene rings is 3. The maximum absolute atomic E-state index is 6.55. The molecule has 0 amide bonds. The normalized spacial score (nSPS) is 13.8. The molecule has 0 saturated heterocycles. The number of hydrogen-bond donors (Lipinski definition) is 0. The van der Waals surface area contributed by atoms with Gasteiger partial charge in [-0.25, -0.2) is 0 Å². The van der Waals surface area contributed by atoms with E-state index in [1.807, 2.05) is 0 Å². The summed E-state index contributed by atoms with van der Waals surface area (Å²) in [6.07, 6.45) is 13.1. The Morgan fingerprint density at radius 1 is 0.448 bits per heavy atom. The molecule has 0 radical (unpaired) electrons. The Balaban J connectivity index is 1.71. The third-order valence-electron chi connectivity index (χ3n) is 10.7. The Labute approximate surface area is 373 Å². The fraction of sp³-hybridized carbons (Fsp3) is 0.400. The Bertz CT molecular complexity index is 1960. The molecule has 5 aromatic rings. The highest BCUT2D eigenvalue weighted by Crippen LogP contribution is 2.41. The summed E-state index contributed by atoms with van der Waals surface area (Å²) < 4.78 is 28.1. The second-order valence-electron chi connectivity index (χ2n) is 15.6. The minimum Gasteiger partial charge on any atom is -0.489 e. The highest BCUT2D eigenvalue weighted by molar-refractivity contribution is 9.11. The van der Waals surface area contributed by atoms with Gasteiger partial charge in [-0.1, -0.05) is 105 Å². The van der Waals surface area contributed by atoms with Gasteiger partial charge in [0.15, 0.2) is 23.0 Å². The molecular weight excluding hydrogens is 888 g/mol. The van der Waals surface area contributed by atoms with E-state index < -0.39 is 0 Å². The molecule has 310 valence electrons. The van der Waals surface area contributed by atoms with Gasteiger partial charge in [0.2, 0.25) is 0 Å². The van der Waals surface area contributed by atoms with Gasteiger partial charge >= 0.3 is 0 Å². The Hall–Kier alpha value is -3.30. The van der Waals surface area contributed by atoms with Crippen LogP contribution >= 0.6 is 54.5 Å². The maximum Gasteiger partial charge on any atom is 0.161 e. The lowest BCUT2D eigenvalue weighted by molar-refractivity contribution is 0.218. The summed E-state index contributed by atoms with van der Waals surface area (Å²) in [6.45, 7) is 20.2. The second-order valence-corrected chi connectivity index (χ2v) is 20.6. The van der Waals surface area contributed by atoms with Gasteiger partial charge in [-0.15, -0.1) is 22.7 Å². The molecule has 8 heteroatoms. The summed E-state index contributed by atoms with van der Waals surface area (Å²) in [5.41, 5.74) is 6.52. The Kier molecular flexibility index (Phi) is 18.1. The lowest BCUT2D eigenvalue weighted by Gasteiger charge is -2.20. The van der Waals surface area contributed by atoms with Crippen molar-refractivity contribution >= 4 is 78.8 Å². The van der Waals surface area contributed by atoms with Crippen molar-refractivity contribution in [3.63, 3.8) is 0 Å². The number of halogens is 2. The number of ether oxygens (including phenoxy) is 4. The quantitative estimate of drug-likeness (QED) is 0.0693. The largest absolute Gasteiger partial charge is 0.489 e. The van der Waals surface area contributed by atoms with Crippen LogP contribution in [0.4, 0.5) is 0 Å². The zero-order valence-corrected chi connectivity index (χ0v) is 40.2. The Morgan fingerprint density at radius 3 is 1.10 bits per heavy atom. The predicted octanol–water partition coefficient (Wildman–Crippen LogP) is 16.7. The monoisotopic (exact) mass is 946 g/mol. The topological polar surface area (TPSA) is 36.9 Å². The van der Waals surface area contributed by atoms with E-state index in [0.717, 1.165) is 89.6 Å². The molecule has 0 aliphatic carbocycles. The van der Waals surface area contributed by atoms with Gasteiger partial charge in [-0.05, 0) is 162 Å². The first-order valence-electron chi connectivity index (χ1n) is 20.8. The molecule has 2 heterocycles. The van der Waals surface area contributed by atoms with Crippen molar-refractivity contribution in [2.75, 3.05) is 26.4 Å². The van der Waals surface area contributed by atoms with Crippen LogP contribution in [0, 0.1) is 23.7 Å². The van der Waals surface area contributed by atoms with Gasteiger partial charge in [-0.3, -0.25) is 0 Å². The summed E-state index contributed by atoms with van der Waals surface area (Å²) in [4.78, 5) is 2.34. The van der Waals surface area contributed by atoms with E-state index in [-0.39, 0.29) is 0 Å². The van der Waals surface area contributed by atoms with Crippen molar-refractivity contribution < 1.29 is 18.9 Å². The predicted molar refractivity (Wildman–Crippen MR) is 259 cm³/mol. The standard InChI is InChI=1S/C50H60Br2O4S2/c1-9-33(5)29-53-45-21-15-39(27-47(45)55-31-35(7)11-3)43-25-38(14-18-42-20-24-50(52)58-42)44(26-37(43)13-17-41-19-23-49(51)57-41)40-16-22-46(54-30-34(6)10-2)48(28-40)56-32-36(8)12-4/h13-28,33-36H,9-12,29-32H2,1-8H3/b17-13+,18-14+. The van der Waals surface area contributed by atoms with E-state index in [9.17, 15) is 0 Å². The average Bonchev–Trinajstić information content (AvgIpc) is 3.87. The first-order chi connectivity index (χ1) is 28.0. The van der Waals surface area contributed by atoms with Crippen molar-refractivity contribution in [3.05, 3.63) is 101 Å². The van der Waals surface area contributed by atoms with Crippen molar-refractivity contribution in [3.8, 4) is 45.3 Å². The second kappa shape index (κ2) is 22.9. The minimum atomic E-state index is 0.425. The molecule has 4 nitrogen and oxygen atoms in total. The molecule has 58 heavy (non-hydrogen) atoms. The fourth-order valence-electron chi connectivity index (χ4n) is 5.80. The van der Waals surface area contributed by atoms with Crippen LogP contribution < -0.4 is 18.9 Å². The van der Waals surface area contributed by atoms with E-state index >= 15 is 0 Å². The molecule has 0 aliphatic heterocycles. The number of hydrogen-bond acceptors (Lipinski definition) is 6. The molecular formula is C50H60Br2O4S2. The maximum atomic E-state index is 6.55. The van der Waals surface area contributed by atoms with Crippen molar-refractivity contribution in [2.45, 2.75) is 81.1 Å². The zero-order valence-electron chi connectivity index (χ0n) is 35.4. The van der Waals surface area contributed by atoms with Crippen LogP contribution in [0.15, 0.2) is 80.4 Å². The van der Waals surface area contributed by atoms with Crippen LogP contribution in [0.5, 0.6) is 23.0 Å². The molecule has 5 rings (SSSR count). The third kappa shape index (κ3) is 13.4. The molecule has 0 aliphatic rings. The average molecular weight is 949 g/mol. The van der Waals surface area contributed by atoms with E-state index in [1.54, 1.807) is 22.7 Å². The zero-order chi connectivity index (χ0) is 41.6. The molecule has 0 bridgehead atoms. The molecule has 2 aromatic heterocycles. The van der Waals surface area contributed by atoms with Crippen LogP contribution in [0.3, 0.4) is 0 Å². The summed E-state index contributed by atoms with van der Waals surface area (Å²) in [7, 11) is 0. The van der Waals surface area contributed by atoms with Gasteiger partial charge in [-0.2, -0.15) is 0 Å². The minimum absolute atomic E-state index is 0.425. The van der Waals surface area contributed by atoms with Crippen molar-refractivity contribution in [1.29, 1.82) is 0 Å². The van der Waals surface area contributed by atoms with E-state index in [4.69, 9.17) is 18.9 Å². The highest BCUT2D eigenvalue weighted by atomic mass is 79.9. The SMILES string of the molecule is CCC(C)COc1ccc(-c2cc(/C=C/c3ccc(Br)s3)c(-c3ccc(OCC(C)CC)c(OCC(C)CC)c3)cc2/C=C/c2ccc(Br)s2)cc1OCC(C)CC. The van der Waals surface area contributed by atoms with Crippen molar-refractivity contribution in [1.82, 2.24) is 0 Å². The van der Waals surface area contributed by atoms with Crippen LogP contribution in [-0.2, 0) is 0 Å². The third-order valence-corrected chi connectivity index (χ3v) is 13.8. The van der Waals surface area contributed by atoms with Gasteiger partial charge in [0.25, 0.3) is 0 Å². The Morgan fingerprint density at radius 2 is 0.793 bits per heavy atom. The van der Waals surface area contributed by atoms with Gasteiger partial charge < -0.3 is 18.9 Å². The first-order valence-corrected chi connectivity index (χ1v) is 24.1. The molecule has 3 aromatic carbocycles. The molecule has 0 saturated carbocycles. The van der Waals surface area contributed by atoms with E-state index in [2.05, 4.69) is 184 Å². The molecule has 4 atom stereocenters. The van der Waals surface area contributed by atoms with Gasteiger partial charge in [0.1, 0.15) is 0 Å². The van der Waals surface area contributed by atoms with Gasteiger partial charge in [0.05, 0.1) is 34.0 Å². The summed E-state index contributed by atoms with van der Waals surface area (Å²) >= 11 is 10.7. The van der Waals surface area contributed by atoms with E-state index in [0.29, 0.717) is 50.1 Å². The van der Waals surface area contributed by atoms with Crippen LogP contribution in [-0.4, -0.2) is 26.4 Å². The van der Waals surface area contributed by atoms with Gasteiger partial charge in [0, 0.05) is 9.75 Å². The van der Waals surface area contributed by atoms with Crippen LogP contribution in [0.2, 0.25) is 0 Å². The van der Waals surface area contributed by atoms with E-state index in [1.165, 1.54) is 9.75 Å². The lowest BCUT2D eigenvalue weighted by Crippen LogP contribution is -2.11. The molecule has 0 N–H and O–H groups in total.